The molecule has 18 heavy (non-hydrogen) atoms. The van der Waals surface area contributed by atoms with Crippen LogP contribution in [0.3, 0.4) is 0 Å². The lowest BCUT2D eigenvalue weighted by molar-refractivity contribution is 0.588. The Bertz CT molecular complexity index is 505. The van der Waals surface area contributed by atoms with Gasteiger partial charge in [0.15, 0.2) is 0 Å². The summed E-state index contributed by atoms with van der Waals surface area (Å²) in [7, 11) is 0. The van der Waals surface area contributed by atoms with E-state index >= 15 is 0 Å². The van der Waals surface area contributed by atoms with Gasteiger partial charge in [-0.2, -0.15) is 0 Å². The highest BCUT2D eigenvalue weighted by Gasteiger charge is 2.15. The van der Waals surface area contributed by atoms with Crippen molar-refractivity contribution in [3.05, 3.63) is 51.5 Å². The molecule has 0 radical (unpaired) electrons. The third kappa shape index (κ3) is 3.18. The van der Waals surface area contributed by atoms with Crippen molar-refractivity contribution in [3.63, 3.8) is 0 Å². The zero-order valence-corrected chi connectivity index (χ0v) is 12.1. The van der Waals surface area contributed by atoms with Crippen LogP contribution in [-0.2, 0) is 0 Å². The molecule has 2 nitrogen and oxygen atoms in total. The monoisotopic (exact) mass is 260 g/mol. The molecule has 0 spiro atoms. The van der Waals surface area contributed by atoms with Crippen LogP contribution in [0.4, 0.5) is 0 Å². The summed E-state index contributed by atoms with van der Waals surface area (Å²) >= 11 is 1.71. The topological polar surface area (TPSA) is 24.9 Å². The highest BCUT2D eigenvalue weighted by atomic mass is 32.1. The van der Waals surface area contributed by atoms with Gasteiger partial charge in [-0.25, -0.2) is 4.98 Å². The molecule has 0 bridgehead atoms. The summed E-state index contributed by atoms with van der Waals surface area (Å²) in [6.07, 6.45) is 1.13. The molecule has 1 unspecified atom stereocenters. The van der Waals surface area contributed by atoms with E-state index < -0.39 is 0 Å². The average Bonchev–Trinajstić information content (AvgIpc) is 2.76. The fourth-order valence-corrected chi connectivity index (χ4v) is 2.68. The van der Waals surface area contributed by atoms with Gasteiger partial charge in [0, 0.05) is 5.38 Å². The summed E-state index contributed by atoms with van der Waals surface area (Å²) < 4.78 is 0. The van der Waals surface area contributed by atoms with Gasteiger partial charge in [0.25, 0.3) is 0 Å². The van der Waals surface area contributed by atoms with Crippen LogP contribution in [0, 0.1) is 13.8 Å². The fraction of sp³-hybridized carbons (Fsp3) is 0.400. The highest BCUT2D eigenvalue weighted by molar-refractivity contribution is 7.09. The standard InChI is InChI=1S/C15H20N2S/c1-4-8-16-15(14-10-18-12(3)17-14)13-7-5-6-11(2)9-13/h5-7,9-10,15-16H,4,8H2,1-3H3. The minimum absolute atomic E-state index is 0.217. The zero-order chi connectivity index (χ0) is 13.0. The van der Waals surface area contributed by atoms with E-state index in [-0.39, 0.29) is 6.04 Å². The summed E-state index contributed by atoms with van der Waals surface area (Å²) in [6, 6.07) is 8.88. The first-order chi connectivity index (χ1) is 8.70. The maximum Gasteiger partial charge on any atom is 0.0898 e. The van der Waals surface area contributed by atoms with Gasteiger partial charge in [-0.15, -0.1) is 11.3 Å². The Morgan fingerprint density at radius 3 is 2.78 bits per heavy atom. The van der Waals surface area contributed by atoms with Gasteiger partial charge in [0.2, 0.25) is 0 Å². The number of hydrogen-bond donors (Lipinski definition) is 1. The van der Waals surface area contributed by atoms with Crippen molar-refractivity contribution < 1.29 is 0 Å². The number of nitrogens with zero attached hydrogens (tertiary/aromatic N) is 1. The molecule has 3 heteroatoms. The molecular formula is C15H20N2S. The Labute approximate surface area is 113 Å². The fourth-order valence-electron chi connectivity index (χ4n) is 2.04. The first kappa shape index (κ1) is 13.2. The van der Waals surface area contributed by atoms with Crippen molar-refractivity contribution in [2.24, 2.45) is 0 Å². The van der Waals surface area contributed by atoms with Crippen molar-refractivity contribution in [2.75, 3.05) is 6.54 Å². The van der Waals surface area contributed by atoms with Crippen molar-refractivity contribution in [1.29, 1.82) is 0 Å². The van der Waals surface area contributed by atoms with Gasteiger partial charge >= 0.3 is 0 Å². The zero-order valence-electron chi connectivity index (χ0n) is 11.2. The molecule has 1 N–H and O–H groups in total. The molecule has 0 aliphatic heterocycles. The lowest BCUT2D eigenvalue weighted by Gasteiger charge is -2.17. The van der Waals surface area contributed by atoms with Gasteiger partial charge in [-0.1, -0.05) is 36.8 Å². The van der Waals surface area contributed by atoms with E-state index in [9.17, 15) is 0 Å². The normalized spacial score (nSPS) is 12.6. The van der Waals surface area contributed by atoms with Crippen LogP contribution in [0.1, 0.15) is 41.2 Å². The van der Waals surface area contributed by atoms with Crippen molar-refractivity contribution in [3.8, 4) is 0 Å². The van der Waals surface area contributed by atoms with Crippen LogP contribution in [0.25, 0.3) is 0 Å². The summed E-state index contributed by atoms with van der Waals surface area (Å²) in [5, 5.41) is 6.87. The maximum atomic E-state index is 4.63. The third-order valence-electron chi connectivity index (χ3n) is 2.91. The average molecular weight is 260 g/mol. The minimum atomic E-state index is 0.217. The van der Waals surface area contributed by atoms with E-state index in [0.29, 0.717) is 0 Å². The number of aromatic nitrogens is 1. The van der Waals surface area contributed by atoms with Crippen molar-refractivity contribution in [1.82, 2.24) is 10.3 Å². The minimum Gasteiger partial charge on any atom is -0.305 e. The number of thiazole rings is 1. The second-order valence-corrected chi connectivity index (χ2v) is 5.65. The molecule has 0 saturated carbocycles. The van der Waals surface area contributed by atoms with E-state index in [1.165, 1.54) is 11.1 Å². The number of benzene rings is 1. The predicted octanol–water partition coefficient (Wildman–Crippen LogP) is 3.85. The first-order valence-electron chi connectivity index (χ1n) is 6.42. The lowest BCUT2D eigenvalue weighted by Crippen LogP contribution is -2.23. The Morgan fingerprint density at radius 1 is 1.33 bits per heavy atom. The van der Waals surface area contributed by atoms with E-state index in [4.69, 9.17) is 0 Å². The second kappa shape index (κ2) is 6.12. The van der Waals surface area contributed by atoms with Gasteiger partial charge in [0.05, 0.1) is 16.7 Å². The van der Waals surface area contributed by atoms with E-state index in [2.05, 4.69) is 60.7 Å². The Morgan fingerprint density at radius 2 is 2.17 bits per heavy atom. The maximum absolute atomic E-state index is 4.63. The van der Waals surface area contributed by atoms with Crippen molar-refractivity contribution >= 4 is 11.3 Å². The number of rotatable bonds is 5. The summed E-state index contributed by atoms with van der Waals surface area (Å²) in [6.45, 7) is 7.38. The Balaban J connectivity index is 2.30. The molecule has 1 aromatic carbocycles. The first-order valence-corrected chi connectivity index (χ1v) is 7.30. The van der Waals surface area contributed by atoms with E-state index in [1.807, 2.05) is 0 Å². The smallest absolute Gasteiger partial charge is 0.0898 e. The molecule has 2 aromatic rings. The molecular weight excluding hydrogens is 240 g/mol. The van der Waals surface area contributed by atoms with Crippen molar-refractivity contribution in [2.45, 2.75) is 33.2 Å². The van der Waals surface area contributed by atoms with Crippen LogP contribution in [0.15, 0.2) is 29.6 Å². The van der Waals surface area contributed by atoms with Crippen LogP contribution in [0.2, 0.25) is 0 Å². The highest BCUT2D eigenvalue weighted by Crippen LogP contribution is 2.24. The Hall–Kier alpha value is -1.19. The molecule has 0 amide bonds. The summed E-state index contributed by atoms with van der Waals surface area (Å²) in [5.41, 5.74) is 3.73. The number of nitrogens with one attached hydrogen (secondary N) is 1. The van der Waals surface area contributed by atoms with Gasteiger partial charge in [-0.05, 0) is 32.4 Å². The molecule has 0 aliphatic carbocycles. The molecule has 1 aromatic heterocycles. The van der Waals surface area contributed by atoms with Crippen LogP contribution in [-0.4, -0.2) is 11.5 Å². The number of aryl methyl sites for hydroxylation is 2. The molecule has 0 aliphatic rings. The van der Waals surface area contributed by atoms with Crippen LogP contribution in [0.5, 0.6) is 0 Å². The molecule has 1 atom stereocenters. The molecule has 0 fully saturated rings. The molecule has 1 heterocycles. The van der Waals surface area contributed by atoms with Crippen LogP contribution >= 0.6 is 11.3 Å². The van der Waals surface area contributed by atoms with Gasteiger partial charge in [-0.3, -0.25) is 0 Å². The number of hydrogen-bond acceptors (Lipinski definition) is 3. The molecule has 2 rings (SSSR count). The van der Waals surface area contributed by atoms with Crippen LogP contribution < -0.4 is 5.32 Å². The molecule has 96 valence electrons. The van der Waals surface area contributed by atoms with Gasteiger partial charge < -0.3 is 5.32 Å². The molecule has 0 saturated heterocycles. The summed E-state index contributed by atoms with van der Waals surface area (Å²) in [5.74, 6) is 0. The lowest BCUT2D eigenvalue weighted by atomic mass is 10.0. The van der Waals surface area contributed by atoms with E-state index in [1.54, 1.807) is 11.3 Å². The predicted molar refractivity (Wildman–Crippen MR) is 78.2 cm³/mol. The Kier molecular flexibility index (Phi) is 4.50. The SMILES string of the molecule is CCCNC(c1cccc(C)c1)c1csc(C)n1. The van der Waals surface area contributed by atoms with Gasteiger partial charge in [0.1, 0.15) is 0 Å². The van der Waals surface area contributed by atoms with E-state index in [0.717, 1.165) is 23.7 Å². The largest absolute Gasteiger partial charge is 0.305 e. The third-order valence-corrected chi connectivity index (χ3v) is 3.70. The summed E-state index contributed by atoms with van der Waals surface area (Å²) in [4.78, 5) is 4.63. The second-order valence-electron chi connectivity index (χ2n) is 4.59. The quantitative estimate of drug-likeness (QED) is 0.883.